The summed E-state index contributed by atoms with van der Waals surface area (Å²) in [4.78, 5) is 17.6. The summed E-state index contributed by atoms with van der Waals surface area (Å²) in [5.74, 6) is 3.51. The van der Waals surface area contributed by atoms with Crippen molar-refractivity contribution in [2.45, 2.75) is 26.0 Å². The molecule has 1 aromatic carbocycles. The molecule has 2 aliphatic rings. The molecule has 162 valence electrons. The molecular formula is C21H29IN6O2. The zero-order valence-corrected chi connectivity index (χ0v) is 20.0. The molecule has 1 unspecified atom stereocenters. The van der Waals surface area contributed by atoms with Crippen molar-refractivity contribution in [1.29, 1.82) is 0 Å². The van der Waals surface area contributed by atoms with Crippen molar-refractivity contribution in [3.63, 3.8) is 0 Å². The van der Waals surface area contributed by atoms with Gasteiger partial charge in [-0.05, 0) is 25.1 Å². The fourth-order valence-corrected chi connectivity index (χ4v) is 3.89. The normalized spacial score (nSPS) is 18.4. The van der Waals surface area contributed by atoms with Crippen LogP contribution >= 0.6 is 24.0 Å². The molecule has 3 heterocycles. The van der Waals surface area contributed by atoms with Gasteiger partial charge in [-0.15, -0.1) is 24.0 Å². The van der Waals surface area contributed by atoms with Gasteiger partial charge in [-0.25, -0.2) is 9.97 Å². The van der Waals surface area contributed by atoms with E-state index in [1.54, 1.807) is 19.5 Å². The molecular weight excluding hydrogens is 495 g/mol. The Morgan fingerprint density at radius 2 is 1.97 bits per heavy atom. The third kappa shape index (κ3) is 4.88. The predicted molar refractivity (Wildman–Crippen MR) is 128 cm³/mol. The fourth-order valence-electron chi connectivity index (χ4n) is 3.89. The highest BCUT2D eigenvalue weighted by Crippen LogP contribution is 2.34. The summed E-state index contributed by atoms with van der Waals surface area (Å²) in [7, 11) is 3.53. The number of guanidine groups is 1. The molecule has 30 heavy (non-hydrogen) atoms. The molecule has 1 N–H and O–H groups in total. The maximum atomic E-state index is 5.91. The third-order valence-electron chi connectivity index (χ3n) is 5.36. The zero-order valence-electron chi connectivity index (χ0n) is 17.7. The van der Waals surface area contributed by atoms with Crippen LogP contribution in [0.25, 0.3) is 0 Å². The molecule has 0 amide bonds. The number of hydrogen-bond donors (Lipinski definition) is 1. The maximum Gasteiger partial charge on any atom is 0.225 e. The number of nitrogens with zero attached hydrogens (tertiary/aromatic N) is 5. The summed E-state index contributed by atoms with van der Waals surface area (Å²) in [6.07, 6.45) is 4.71. The predicted octanol–water partition coefficient (Wildman–Crippen LogP) is 2.32. The molecule has 0 aliphatic carbocycles. The van der Waals surface area contributed by atoms with E-state index < -0.39 is 0 Å². The van der Waals surface area contributed by atoms with E-state index in [4.69, 9.17) is 9.47 Å². The van der Waals surface area contributed by atoms with Crippen LogP contribution in [0, 0.1) is 0 Å². The Bertz CT molecular complexity index is 871. The van der Waals surface area contributed by atoms with E-state index in [-0.39, 0.29) is 30.1 Å². The molecule has 2 aliphatic heterocycles. The van der Waals surface area contributed by atoms with Crippen LogP contribution in [-0.2, 0) is 13.0 Å². The van der Waals surface area contributed by atoms with E-state index >= 15 is 0 Å². The summed E-state index contributed by atoms with van der Waals surface area (Å²) in [6, 6.07) is 6.02. The van der Waals surface area contributed by atoms with E-state index in [2.05, 4.69) is 49.1 Å². The number of piperazine rings is 1. The largest absolute Gasteiger partial charge is 0.496 e. The molecule has 1 fully saturated rings. The van der Waals surface area contributed by atoms with Crippen molar-refractivity contribution in [3.05, 3.63) is 41.7 Å². The van der Waals surface area contributed by atoms with E-state index in [1.165, 1.54) is 5.56 Å². The topological polar surface area (TPSA) is 75.1 Å². The number of hydrogen-bond acceptors (Lipinski definition) is 6. The van der Waals surface area contributed by atoms with Crippen LogP contribution in [0.1, 0.15) is 18.1 Å². The summed E-state index contributed by atoms with van der Waals surface area (Å²) in [6.45, 7) is 6.16. The van der Waals surface area contributed by atoms with Crippen molar-refractivity contribution >= 4 is 35.9 Å². The molecule has 1 atom stereocenters. The van der Waals surface area contributed by atoms with Gasteiger partial charge in [-0.3, -0.25) is 4.99 Å². The number of aromatic nitrogens is 2. The average Bonchev–Trinajstić information content (AvgIpc) is 3.13. The minimum Gasteiger partial charge on any atom is -0.496 e. The highest BCUT2D eigenvalue weighted by molar-refractivity contribution is 14.0. The van der Waals surface area contributed by atoms with Crippen LogP contribution < -0.4 is 19.7 Å². The van der Waals surface area contributed by atoms with Gasteiger partial charge in [0.05, 0.1) is 7.11 Å². The molecule has 1 saturated heterocycles. The summed E-state index contributed by atoms with van der Waals surface area (Å²) < 4.78 is 11.5. The lowest BCUT2D eigenvalue weighted by molar-refractivity contribution is 0.254. The van der Waals surface area contributed by atoms with Crippen molar-refractivity contribution < 1.29 is 9.47 Å². The van der Waals surface area contributed by atoms with Crippen molar-refractivity contribution in [2.75, 3.05) is 45.2 Å². The van der Waals surface area contributed by atoms with Gasteiger partial charge in [0.25, 0.3) is 0 Å². The number of halogens is 1. The van der Waals surface area contributed by atoms with Crippen molar-refractivity contribution in [1.82, 2.24) is 20.2 Å². The monoisotopic (exact) mass is 524 g/mol. The van der Waals surface area contributed by atoms with Crippen LogP contribution in [0.4, 0.5) is 5.95 Å². The standard InChI is InChI=1S/C21H28N6O2.HI/c1-15-11-16-12-18(28-3)17(13-19(16)29-15)14-25-20(22-2)26-7-9-27(10-8-26)21-23-5-4-6-24-21;/h4-6,12-13,15H,7-11,14H2,1-3H3,(H,22,25);1H. The van der Waals surface area contributed by atoms with Gasteiger partial charge in [0.1, 0.15) is 17.6 Å². The van der Waals surface area contributed by atoms with Gasteiger partial charge >= 0.3 is 0 Å². The molecule has 8 nitrogen and oxygen atoms in total. The van der Waals surface area contributed by atoms with Gasteiger partial charge in [0.2, 0.25) is 5.95 Å². The van der Waals surface area contributed by atoms with Crippen molar-refractivity contribution in [2.24, 2.45) is 4.99 Å². The number of ether oxygens (including phenoxy) is 2. The summed E-state index contributed by atoms with van der Waals surface area (Å²) >= 11 is 0. The second kappa shape index (κ2) is 10.1. The average molecular weight is 524 g/mol. The van der Waals surface area contributed by atoms with Crippen molar-refractivity contribution in [3.8, 4) is 11.5 Å². The molecule has 0 bridgehead atoms. The van der Waals surface area contributed by atoms with Gasteiger partial charge in [0, 0.05) is 69.7 Å². The first-order valence-corrected chi connectivity index (χ1v) is 10.0. The van der Waals surface area contributed by atoms with Crippen LogP contribution in [0.2, 0.25) is 0 Å². The van der Waals surface area contributed by atoms with Crippen LogP contribution in [0.5, 0.6) is 11.5 Å². The van der Waals surface area contributed by atoms with Gasteiger partial charge in [-0.2, -0.15) is 0 Å². The Labute approximate surface area is 194 Å². The highest BCUT2D eigenvalue weighted by atomic mass is 127. The lowest BCUT2D eigenvalue weighted by atomic mass is 10.1. The Morgan fingerprint density at radius 1 is 1.23 bits per heavy atom. The smallest absolute Gasteiger partial charge is 0.225 e. The van der Waals surface area contributed by atoms with E-state index in [9.17, 15) is 0 Å². The first-order chi connectivity index (χ1) is 14.2. The van der Waals surface area contributed by atoms with E-state index in [0.29, 0.717) is 6.54 Å². The second-order valence-corrected chi connectivity index (χ2v) is 7.33. The summed E-state index contributed by atoms with van der Waals surface area (Å²) in [5, 5.41) is 3.48. The number of fused-ring (bicyclic) bond motifs is 1. The Kier molecular flexibility index (Phi) is 7.57. The van der Waals surface area contributed by atoms with Gasteiger partial charge in [0.15, 0.2) is 5.96 Å². The van der Waals surface area contributed by atoms with Crippen LogP contribution in [-0.4, -0.2) is 67.3 Å². The highest BCUT2D eigenvalue weighted by Gasteiger charge is 2.23. The number of nitrogens with one attached hydrogen (secondary N) is 1. The lowest BCUT2D eigenvalue weighted by Gasteiger charge is -2.36. The summed E-state index contributed by atoms with van der Waals surface area (Å²) in [5.41, 5.74) is 2.28. The quantitative estimate of drug-likeness (QED) is 0.374. The molecule has 0 saturated carbocycles. The van der Waals surface area contributed by atoms with E-state index in [0.717, 1.165) is 61.6 Å². The first kappa shape index (κ1) is 22.4. The Balaban J connectivity index is 0.00000256. The Hall–Kier alpha value is -2.30. The molecule has 4 rings (SSSR count). The molecule has 2 aromatic rings. The Morgan fingerprint density at radius 3 is 2.63 bits per heavy atom. The number of methoxy groups -OCH3 is 1. The van der Waals surface area contributed by atoms with Crippen LogP contribution in [0.3, 0.4) is 0 Å². The van der Waals surface area contributed by atoms with E-state index in [1.807, 2.05) is 13.1 Å². The number of rotatable bonds is 4. The second-order valence-electron chi connectivity index (χ2n) is 7.33. The maximum absolute atomic E-state index is 5.91. The minimum atomic E-state index is 0. The lowest BCUT2D eigenvalue weighted by Crippen LogP contribution is -2.52. The number of benzene rings is 1. The SMILES string of the molecule is CN=C(NCc1cc2c(cc1OC)CC(C)O2)N1CCN(c2ncccn2)CC1.I. The fraction of sp³-hybridized carbons (Fsp3) is 0.476. The molecule has 1 aromatic heterocycles. The molecule has 9 heteroatoms. The first-order valence-electron chi connectivity index (χ1n) is 10.0. The van der Waals surface area contributed by atoms with Gasteiger partial charge in [-0.1, -0.05) is 0 Å². The molecule has 0 spiro atoms. The third-order valence-corrected chi connectivity index (χ3v) is 5.36. The minimum absolute atomic E-state index is 0. The van der Waals surface area contributed by atoms with Crippen LogP contribution in [0.15, 0.2) is 35.6 Å². The number of anilines is 1. The molecule has 0 radical (unpaired) electrons. The number of aliphatic imine (C=N–C) groups is 1. The van der Waals surface area contributed by atoms with Gasteiger partial charge < -0.3 is 24.6 Å². The zero-order chi connectivity index (χ0) is 20.2.